The van der Waals surface area contributed by atoms with E-state index in [4.69, 9.17) is 27.6 Å². The summed E-state index contributed by atoms with van der Waals surface area (Å²) in [5.41, 5.74) is 1.80. The van der Waals surface area contributed by atoms with Gasteiger partial charge in [0.05, 0.1) is 15.7 Å². The number of benzene rings is 2. The molecule has 0 atom stereocenters. The minimum atomic E-state index is -0.436. The van der Waals surface area contributed by atoms with E-state index in [1.807, 2.05) is 24.3 Å². The van der Waals surface area contributed by atoms with Crippen molar-refractivity contribution in [1.29, 1.82) is 0 Å². The lowest BCUT2D eigenvalue weighted by molar-refractivity contribution is 0.250. The molecule has 2 aromatic carbocycles. The Morgan fingerprint density at radius 2 is 1.74 bits per heavy atom. The molecule has 0 saturated carbocycles. The Morgan fingerprint density at radius 3 is 2.48 bits per heavy atom. The van der Waals surface area contributed by atoms with Crippen molar-refractivity contribution < 1.29 is 9.52 Å². The molecule has 1 aliphatic heterocycles. The van der Waals surface area contributed by atoms with Crippen LogP contribution >= 0.6 is 23.2 Å². The molecule has 0 radical (unpaired) electrons. The normalized spacial score (nSPS) is 15.4. The van der Waals surface area contributed by atoms with Crippen molar-refractivity contribution in [2.75, 3.05) is 31.1 Å². The fourth-order valence-electron chi connectivity index (χ4n) is 3.46. The van der Waals surface area contributed by atoms with Gasteiger partial charge in [0, 0.05) is 50.2 Å². The van der Waals surface area contributed by atoms with Gasteiger partial charge in [-0.15, -0.1) is 0 Å². The highest BCUT2D eigenvalue weighted by molar-refractivity contribution is 6.33. The third kappa shape index (κ3) is 3.76. The average molecular weight is 405 g/mol. The van der Waals surface area contributed by atoms with Crippen LogP contribution in [0, 0.1) is 0 Å². The van der Waals surface area contributed by atoms with Crippen LogP contribution < -0.4 is 10.5 Å². The van der Waals surface area contributed by atoms with Gasteiger partial charge in [-0.1, -0.05) is 35.3 Å². The van der Waals surface area contributed by atoms with E-state index in [9.17, 15) is 9.90 Å². The van der Waals surface area contributed by atoms with Gasteiger partial charge in [-0.05, 0) is 23.8 Å². The molecule has 1 fully saturated rings. The predicted molar refractivity (Wildman–Crippen MR) is 108 cm³/mol. The van der Waals surface area contributed by atoms with Gasteiger partial charge in [-0.2, -0.15) is 0 Å². The largest absolute Gasteiger partial charge is 0.506 e. The number of nitrogens with zero attached hydrogens (tertiary/aromatic N) is 2. The molecule has 1 N–H and O–H groups in total. The third-order valence-electron chi connectivity index (χ3n) is 4.86. The molecule has 5 nitrogen and oxygen atoms in total. The van der Waals surface area contributed by atoms with Gasteiger partial charge < -0.3 is 14.4 Å². The number of phenols is 1. The van der Waals surface area contributed by atoms with Crippen molar-refractivity contribution >= 4 is 39.9 Å². The molecule has 0 amide bonds. The Kier molecular flexibility index (Phi) is 5.00. The highest BCUT2D eigenvalue weighted by atomic mass is 35.5. The molecule has 140 valence electrons. The lowest BCUT2D eigenvalue weighted by Crippen LogP contribution is -2.46. The van der Waals surface area contributed by atoms with Crippen molar-refractivity contribution in [1.82, 2.24) is 4.90 Å². The van der Waals surface area contributed by atoms with Crippen LogP contribution in [0.15, 0.2) is 51.7 Å². The van der Waals surface area contributed by atoms with Crippen molar-refractivity contribution in [2.45, 2.75) is 6.54 Å². The monoisotopic (exact) mass is 404 g/mol. The van der Waals surface area contributed by atoms with E-state index >= 15 is 0 Å². The Bertz CT molecular complexity index is 1040. The van der Waals surface area contributed by atoms with Gasteiger partial charge in [0.15, 0.2) is 0 Å². The standard InChI is InChI=1S/C20H18Cl2N2O3/c21-15-3-1-2-4-17(15)24-7-5-23(6-8-24)12-13-9-20(26)27-19-11-18(25)16(22)10-14(13)19/h1-4,9-11,25H,5-8,12H2. The van der Waals surface area contributed by atoms with E-state index in [0.29, 0.717) is 12.1 Å². The zero-order valence-corrected chi connectivity index (χ0v) is 16.0. The molecule has 1 aliphatic rings. The van der Waals surface area contributed by atoms with Gasteiger partial charge in [0.1, 0.15) is 11.3 Å². The predicted octanol–water partition coefficient (Wildman–Crippen LogP) is 4.13. The zero-order chi connectivity index (χ0) is 19.0. The summed E-state index contributed by atoms with van der Waals surface area (Å²) in [6.45, 7) is 4.01. The van der Waals surface area contributed by atoms with Crippen molar-refractivity contribution in [3.8, 4) is 5.75 Å². The molecule has 0 spiro atoms. The summed E-state index contributed by atoms with van der Waals surface area (Å²) < 4.78 is 5.20. The maximum Gasteiger partial charge on any atom is 0.336 e. The van der Waals surface area contributed by atoms with E-state index in [-0.39, 0.29) is 10.8 Å². The number of halogens is 2. The Morgan fingerprint density at radius 1 is 1.00 bits per heavy atom. The highest BCUT2D eigenvalue weighted by Crippen LogP contribution is 2.31. The second kappa shape index (κ2) is 7.43. The number of fused-ring (bicyclic) bond motifs is 1. The average Bonchev–Trinajstić information content (AvgIpc) is 2.64. The molecule has 0 unspecified atom stereocenters. The molecule has 2 heterocycles. The topological polar surface area (TPSA) is 56.9 Å². The lowest BCUT2D eigenvalue weighted by atomic mass is 10.1. The smallest absolute Gasteiger partial charge is 0.336 e. The van der Waals surface area contributed by atoms with Crippen LogP contribution in [0.5, 0.6) is 5.75 Å². The number of hydrogen-bond acceptors (Lipinski definition) is 5. The van der Waals surface area contributed by atoms with Crippen LogP contribution in [0.2, 0.25) is 10.0 Å². The Labute approximate surface area is 166 Å². The lowest BCUT2D eigenvalue weighted by Gasteiger charge is -2.36. The van der Waals surface area contributed by atoms with Crippen LogP contribution in [-0.4, -0.2) is 36.2 Å². The van der Waals surface area contributed by atoms with E-state index in [1.54, 1.807) is 6.07 Å². The molecule has 1 aromatic heterocycles. The second-order valence-electron chi connectivity index (χ2n) is 6.61. The fourth-order valence-corrected chi connectivity index (χ4v) is 3.88. The molecule has 0 bridgehead atoms. The molecule has 0 aliphatic carbocycles. The third-order valence-corrected chi connectivity index (χ3v) is 5.48. The number of anilines is 1. The minimum Gasteiger partial charge on any atom is -0.506 e. The number of hydrogen-bond donors (Lipinski definition) is 1. The van der Waals surface area contributed by atoms with E-state index in [1.165, 1.54) is 12.1 Å². The number of phenolic OH excluding ortho intramolecular Hbond substituents is 1. The summed E-state index contributed by atoms with van der Waals surface area (Å²) in [6.07, 6.45) is 0. The maximum absolute atomic E-state index is 11.9. The van der Waals surface area contributed by atoms with Gasteiger partial charge in [0.2, 0.25) is 0 Å². The fraction of sp³-hybridized carbons (Fsp3) is 0.250. The first-order valence-electron chi connectivity index (χ1n) is 8.68. The first kappa shape index (κ1) is 18.2. The van der Waals surface area contributed by atoms with Crippen LogP contribution in [0.4, 0.5) is 5.69 Å². The van der Waals surface area contributed by atoms with Crippen molar-refractivity contribution in [3.63, 3.8) is 0 Å². The van der Waals surface area contributed by atoms with Crippen LogP contribution in [0.3, 0.4) is 0 Å². The van der Waals surface area contributed by atoms with Crippen LogP contribution in [-0.2, 0) is 6.54 Å². The molecular formula is C20H18Cl2N2O3. The number of piperazine rings is 1. The Balaban J connectivity index is 1.53. The SMILES string of the molecule is O=c1cc(CN2CCN(c3ccccc3Cl)CC2)c2cc(Cl)c(O)cc2o1. The first-order valence-corrected chi connectivity index (χ1v) is 9.44. The molecular weight excluding hydrogens is 387 g/mol. The van der Waals surface area contributed by atoms with Crippen molar-refractivity contribution in [2.24, 2.45) is 0 Å². The van der Waals surface area contributed by atoms with Gasteiger partial charge in [-0.3, -0.25) is 4.90 Å². The highest BCUT2D eigenvalue weighted by Gasteiger charge is 2.20. The quantitative estimate of drug-likeness (QED) is 0.665. The maximum atomic E-state index is 11.9. The molecule has 3 aromatic rings. The van der Waals surface area contributed by atoms with Gasteiger partial charge in [0.25, 0.3) is 0 Å². The van der Waals surface area contributed by atoms with Crippen LogP contribution in [0.1, 0.15) is 5.56 Å². The summed E-state index contributed by atoms with van der Waals surface area (Å²) >= 11 is 12.3. The molecule has 1 saturated heterocycles. The molecule has 4 rings (SSSR count). The summed E-state index contributed by atoms with van der Waals surface area (Å²) in [4.78, 5) is 16.4. The summed E-state index contributed by atoms with van der Waals surface area (Å²) in [7, 11) is 0. The van der Waals surface area contributed by atoms with E-state index < -0.39 is 5.63 Å². The summed E-state index contributed by atoms with van der Waals surface area (Å²) in [5, 5.41) is 11.5. The van der Waals surface area contributed by atoms with E-state index in [2.05, 4.69) is 9.80 Å². The minimum absolute atomic E-state index is 0.0992. The zero-order valence-electron chi connectivity index (χ0n) is 14.5. The van der Waals surface area contributed by atoms with Gasteiger partial charge >= 0.3 is 5.63 Å². The van der Waals surface area contributed by atoms with Crippen LogP contribution in [0.25, 0.3) is 11.0 Å². The first-order chi connectivity index (χ1) is 13.0. The Hall–Kier alpha value is -2.21. The number of para-hydroxylation sites is 1. The van der Waals surface area contributed by atoms with Crippen molar-refractivity contribution in [3.05, 3.63) is 68.5 Å². The summed E-state index contributed by atoms with van der Waals surface area (Å²) in [5.74, 6) is -0.0992. The molecule has 7 heteroatoms. The molecule has 27 heavy (non-hydrogen) atoms. The number of rotatable bonds is 3. The second-order valence-corrected chi connectivity index (χ2v) is 7.42. The number of aromatic hydroxyl groups is 1. The van der Waals surface area contributed by atoms with E-state index in [0.717, 1.165) is 47.8 Å². The summed E-state index contributed by atoms with van der Waals surface area (Å²) in [6, 6.07) is 12.4. The van der Waals surface area contributed by atoms with Gasteiger partial charge in [-0.25, -0.2) is 4.79 Å².